The summed E-state index contributed by atoms with van der Waals surface area (Å²) < 4.78 is 6.06. The molecule has 2 saturated heterocycles. The summed E-state index contributed by atoms with van der Waals surface area (Å²) >= 11 is 0. The van der Waals surface area contributed by atoms with E-state index in [0.29, 0.717) is 24.4 Å². The highest BCUT2D eigenvalue weighted by molar-refractivity contribution is 5.93. The third-order valence-corrected chi connectivity index (χ3v) is 6.94. The minimum atomic E-state index is 0.0484. The highest BCUT2D eigenvalue weighted by Crippen LogP contribution is 2.27. The summed E-state index contributed by atoms with van der Waals surface area (Å²) in [5.41, 5.74) is 3.62. The number of hydrogen-bond acceptors (Lipinski definition) is 4. The van der Waals surface area contributed by atoms with Gasteiger partial charge in [-0.05, 0) is 43.9 Å². The van der Waals surface area contributed by atoms with Crippen molar-refractivity contribution in [2.24, 2.45) is 0 Å². The fraction of sp³-hybridized carbons (Fsp3) is 0.407. The number of benzene rings is 2. The van der Waals surface area contributed by atoms with Crippen molar-refractivity contribution in [3.63, 3.8) is 0 Å². The van der Waals surface area contributed by atoms with Crippen LogP contribution in [0.2, 0.25) is 0 Å². The second-order valence-electron chi connectivity index (χ2n) is 9.09. The van der Waals surface area contributed by atoms with E-state index in [-0.39, 0.29) is 5.91 Å². The molecular weight excluding hydrogens is 412 g/mol. The number of carbonyl (C=O) groups is 1. The summed E-state index contributed by atoms with van der Waals surface area (Å²) in [6.45, 7) is 4.17. The molecule has 172 valence electrons. The standard InChI is InChI=1S/C27H32N4O2/c32-27(26-18-25(28-29-26)22-10-5-2-6-11-22)30-16-13-23(14-17-30)31-15-7-12-24(31)20-33-19-21-8-3-1-4-9-21/h1-6,8-11,18,23-24H,7,12-17,19-20H2,(H,28,29). The van der Waals surface area contributed by atoms with Gasteiger partial charge in [0, 0.05) is 30.7 Å². The van der Waals surface area contributed by atoms with E-state index in [9.17, 15) is 4.79 Å². The molecule has 0 radical (unpaired) electrons. The van der Waals surface area contributed by atoms with Gasteiger partial charge in [-0.1, -0.05) is 60.7 Å². The predicted molar refractivity (Wildman–Crippen MR) is 129 cm³/mol. The number of nitrogens with one attached hydrogen (secondary N) is 1. The first-order valence-electron chi connectivity index (χ1n) is 12.1. The Morgan fingerprint density at radius 3 is 2.45 bits per heavy atom. The smallest absolute Gasteiger partial charge is 0.271 e. The lowest BCUT2D eigenvalue weighted by molar-refractivity contribution is 0.0313. The topological polar surface area (TPSA) is 61.5 Å². The van der Waals surface area contributed by atoms with E-state index < -0.39 is 0 Å². The molecule has 0 spiro atoms. The Hall–Kier alpha value is -2.96. The molecule has 1 atom stereocenters. The van der Waals surface area contributed by atoms with Gasteiger partial charge in [-0.3, -0.25) is 14.8 Å². The average Bonchev–Trinajstić information content (AvgIpc) is 3.55. The number of aromatic amines is 1. The van der Waals surface area contributed by atoms with Crippen LogP contribution in [0, 0.1) is 0 Å². The maximum atomic E-state index is 13.0. The first-order valence-corrected chi connectivity index (χ1v) is 12.1. The number of piperidine rings is 1. The molecule has 0 saturated carbocycles. The lowest BCUT2D eigenvalue weighted by Crippen LogP contribution is -2.49. The molecule has 1 unspecified atom stereocenters. The molecule has 2 fully saturated rings. The largest absolute Gasteiger partial charge is 0.375 e. The summed E-state index contributed by atoms with van der Waals surface area (Å²) in [7, 11) is 0. The van der Waals surface area contributed by atoms with Crippen LogP contribution >= 0.6 is 0 Å². The second-order valence-corrected chi connectivity index (χ2v) is 9.09. The van der Waals surface area contributed by atoms with Crippen molar-refractivity contribution in [2.75, 3.05) is 26.2 Å². The minimum absolute atomic E-state index is 0.0484. The Kier molecular flexibility index (Phi) is 6.84. The van der Waals surface area contributed by atoms with Gasteiger partial charge in [-0.2, -0.15) is 5.10 Å². The van der Waals surface area contributed by atoms with Crippen LogP contribution < -0.4 is 0 Å². The van der Waals surface area contributed by atoms with Crippen LogP contribution in [0.3, 0.4) is 0 Å². The van der Waals surface area contributed by atoms with Gasteiger partial charge in [-0.15, -0.1) is 0 Å². The summed E-state index contributed by atoms with van der Waals surface area (Å²) in [6.07, 6.45) is 4.46. The van der Waals surface area contributed by atoms with Crippen LogP contribution in [-0.4, -0.2) is 64.2 Å². The number of nitrogens with zero attached hydrogens (tertiary/aromatic N) is 3. The molecule has 33 heavy (non-hydrogen) atoms. The number of carbonyl (C=O) groups excluding carboxylic acids is 1. The zero-order valence-electron chi connectivity index (χ0n) is 19.0. The molecule has 1 amide bonds. The van der Waals surface area contributed by atoms with Gasteiger partial charge >= 0.3 is 0 Å². The number of hydrogen-bond donors (Lipinski definition) is 1. The van der Waals surface area contributed by atoms with E-state index in [4.69, 9.17) is 4.74 Å². The maximum absolute atomic E-state index is 13.0. The van der Waals surface area contributed by atoms with Crippen LogP contribution in [0.25, 0.3) is 11.3 Å². The Morgan fingerprint density at radius 1 is 0.970 bits per heavy atom. The number of aromatic nitrogens is 2. The zero-order chi connectivity index (χ0) is 22.5. The first kappa shape index (κ1) is 21.9. The third kappa shape index (κ3) is 5.18. The van der Waals surface area contributed by atoms with Gasteiger partial charge in [0.15, 0.2) is 0 Å². The lowest BCUT2D eigenvalue weighted by atomic mass is 10.0. The summed E-state index contributed by atoms with van der Waals surface area (Å²) in [5.74, 6) is 0.0484. The van der Waals surface area contributed by atoms with E-state index in [0.717, 1.165) is 50.3 Å². The molecule has 2 aliphatic rings. The number of H-pyrrole nitrogens is 1. The zero-order valence-corrected chi connectivity index (χ0v) is 19.0. The van der Waals surface area contributed by atoms with Gasteiger partial charge in [0.1, 0.15) is 5.69 Å². The normalized spacial score (nSPS) is 19.8. The Morgan fingerprint density at radius 2 is 1.70 bits per heavy atom. The van der Waals surface area contributed by atoms with Crippen LogP contribution in [0.15, 0.2) is 66.7 Å². The van der Waals surface area contributed by atoms with E-state index in [1.165, 1.54) is 18.4 Å². The lowest BCUT2D eigenvalue weighted by Gasteiger charge is -2.39. The van der Waals surface area contributed by atoms with Gasteiger partial charge in [-0.25, -0.2) is 0 Å². The highest BCUT2D eigenvalue weighted by atomic mass is 16.5. The molecule has 6 nitrogen and oxygen atoms in total. The van der Waals surface area contributed by atoms with Gasteiger partial charge in [0.25, 0.3) is 5.91 Å². The maximum Gasteiger partial charge on any atom is 0.271 e. The molecule has 5 rings (SSSR count). The van der Waals surface area contributed by atoms with Gasteiger partial charge in [0.05, 0.1) is 18.9 Å². The molecule has 3 heterocycles. The molecule has 0 bridgehead atoms. The van der Waals surface area contributed by atoms with Crippen LogP contribution in [0.4, 0.5) is 0 Å². The average molecular weight is 445 g/mol. The van der Waals surface area contributed by atoms with Crippen molar-refractivity contribution >= 4 is 5.91 Å². The fourth-order valence-electron chi connectivity index (χ4n) is 5.16. The Balaban J connectivity index is 1.12. The van der Waals surface area contributed by atoms with Crippen molar-refractivity contribution < 1.29 is 9.53 Å². The summed E-state index contributed by atoms with van der Waals surface area (Å²) in [5, 5.41) is 7.29. The van der Waals surface area contributed by atoms with Crippen molar-refractivity contribution in [1.82, 2.24) is 20.0 Å². The van der Waals surface area contributed by atoms with Gasteiger partial charge < -0.3 is 9.64 Å². The fourth-order valence-corrected chi connectivity index (χ4v) is 5.16. The Labute approximate surface area is 195 Å². The predicted octanol–water partition coefficient (Wildman–Crippen LogP) is 4.36. The minimum Gasteiger partial charge on any atom is -0.375 e. The molecule has 1 N–H and O–H groups in total. The second kappa shape index (κ2) is 10.3. The van der Waals surface area contributed by atoms with Crippen LogP contribution in [0.5, 0.6) is 0 Å². The molecule has 6 heteroatoms. The molecule has 0 aliphatic carbocycles. The quantitative estimate of drug-likeness (QED) is 0.588. The van der Waals surface area contributed by atoms with Crippen molar-refractivity contribution in [3.05, 3.63) is 78.0 Å². The van der Waals surface area contributed by atoms with E-state index in [1.54, 1.807) is 0 Å². The molecule has 2 aliphatic heterocycles. The number of ether oxygens (including phenoxy) is 1. The molecule has 2 aromatic carbocycles. The SMILES string of the molecule is O=C(c1cc(-c2ccccc2)n[nH]1)N1CCC(N2CCCC2COCc2ccccc2)CC1. The summed E-state index contributed by atoms with van der Waals surface area (Å²) in [4.78, 5) is 17.6. The van der Waals surface area contributed by atoms with E-state index >= 15 is 0 Å². The number of rotatable bonds is 7. The number of amides is 1. The van der Waals surface area contributed by atoms with Crippen molar-refractivity contribution in [1.29, 1.82) is 0 Å². The van der Waals surface area contributed by atoms with Crippen molar-refractivity contribution in [3.8, 4) is 11.3 Å². The van der Waals surface area contributed by atoms with Gasteiger partial charge in [0.2, 0.25) is 0 Å². The first-order chi connectivity index (χ1) is 16.3. The highest BCUT2D eigenvalue weighted by Gasteiger charge is 2.34. The molecule has 1 aromatic heterocycles. The van der Waals surface area contributed by atoms with Crippen LogP contribution in [-0.2, 0) is 11.3 Å². The third-order valence-electron chi connectivity index (χ3n) is 6.94. The van der Waals surface area contributed by atoms with Crippen LogP contribution in [0.1, 0.15) is 41.7 Å². The van der Waals surface area contributed by atoms with E-state index in [1.807, 2.05) is 47.4 Å². The molecule has 3 aromatic rings. The summed E-state index contributed by atoms with van der Waals surface area (Å²) in [6, 6.07) is 23.2. The van der Waals surface area contributed by atoms with Crippen molar-refractivity contribution in [2.45, 2.75) is 44.4 Å². The molecular formula is C27H32N4O2. The monoisotopic (exact) mass is 444 g/mol. The number of likely N-dealkylation sites (tertiary alicyclic amines) is 2. The van der Waals surface area contributed by atoms with E-state index in [2.05, 4.69) is 39.4 Å². The Bertz CT molecular complexity index is 1030.